The highest BCUT2D eigenvalue weighted by atomic mass is 32.2. The summed E-state index contributed by atoms with van der Waals surface area (Å²) in [4.78, 5) is 0. The van der Waals surface area contributed by atoms with Crippen molar-refractivity contribution in [1.82, 2.24) is 20.2 Å². The van der Waals surface area contributed by atoms with Crippen LogP contribution in [0.15, 0.2) is 11.2 Å². The quantitative estimate of drug-likeness (QED) is 0.701. The Morgan fingerprint density at radius 3 is 3.11 bits per heavy atom. The number of H-pyrrole nitrogens is 1. The molecule has 1 atom stereocenters. The highest BCUT2D eigenvalue weighted by Crippen LogP contribution is 2.20. The fraction of sp³-hybridized carbons (Fsp3) is 0.700. The fourth-order valence-electron chi connectivity index (χ4n) is 1.82. The molecule has 0 radical (unpaired) electrons. The maximum absolute atomic E-state index is 12.2. The van der Waals surface area contributed by atoms with E-state index in [1.807, 2.05) is 6.92 Å². The Labute approximate surface area is 111 Å². The van der Waals surface area contributed by atoms with E-state index in [0.717, 1.165) is 24.5 Å². The summed E-state index contributed by atoms with van der Waals surface area (Å²) >= 11 is 1.77. The summed E-state index contributed by atoms with van der Waals surface area (Å²) in [6, 6.07) is 0.0373. The van der Waals surface area contributed by atoms with Crippen LogP contribution in [0.3, 0.4) is 0 Å². The molecule has 6 nitrogen and oxygen atoms in total. The van der Waals surface area contributed by atoms with E-state index in [4.69, 9.17) is 0 Å². The number of hydrogen-bond donors (Lipinski definition) is 3. The molecule has 3 N–H and O–H groups in total. The third kappa shape index (κ3) is 3.25. The fourth-order valence-corrected chi connectivity index (χ4v) is 4.48. The minimum atomic E-state index is -3.48. The number of nitrogens with zero attached hydrogens (tertiary/aromatic N) is 1. The average molecular weight is 290 g/mol. The van der Waals surface area contributed by atoms with E-state index >= 15 is 0 Å². The van der Waals surface area contributed by atoms with Crippen molar-refractivity contribution < 1.29 is 8.42 Å². The van der Waals surface area contributed by atoms with Crippen molar-refractivity contribution in [3.05, 3.63) is 11.8 Å². The van der Waals surface area contributed by atoms with Crippen LogP contribution in [-0.2, 0) is 16.6 Å². The highest BCUT2D eigenvalue weighted by molar-refractivity contribution is 7.99. The van der Waals surface area contributed by atoms with E-state index in [1.54, 1.807) is 18.0 Å². The Hall–Kier alpha value is -0.570. The first-order valence-electron chi connectivity index (χ1n) is 5.96. The Bertz CT molecular complexity index is 480. The predicted octanol–water partition coefficient (Wildman–Crippen LogP) is 0.303. The third-order valence-electron chi connectivity index (χ3n) is 2.76. The lowest BCUT2D eigenvalue weighted by Gasteiger charge is -2.11. The summed E-state index contributed by atoms with van der Waals surface area (Å²) in [6.07, 6.45) is 2.45. The van der Waals surface area contributed by atoms with Crippen molar-refractivity contribution in [1.29, 1.82) is 0 Å². The minimum absolute atomic E-state index is 0.0373. The molecule has 0 spiro atoms. The van der Waals surface area contributed by atoms with E-state index in [9.17, 15) is 8.42 Å². The smallest absolute Gasteiger partial charge is 0.258 e. The predicted molar refractivity (Wildman–Crippen MR) is 72.0 cm³/mol. The molecule has 1 unspecified atom stereocenters. The second-order valence-electron chi connectivity index (χ2n) is 4.19. The molecule has 1 aromatic rings. The van der Waals surface area contributed by atoms with Crippen molar-refractivity contribution >= 4 is 21.8 Å². The van der Waals surface area contributed by atoms with Crippen LogP contribution in [0.4, 0.5) is 0 Å². The lowest BCUT2D eigenvalue weighted by atomic mass is 10.3. The second kappa shape index (κ2) is 6.05. The number of rotatable bonds is 6. The molecule has 1 aromatic heterocycles. The van der Waals surface area contributed by atoms with Crippen LogP contribution in [0, 0.1) is 0 Å². The Balaban J connectivity index is 2.10. The van der Waals surface area contributed by atoms with Crippen molar-refractivity contribution in [3.8, 4) is 0 Å². The zero-order chi connectivity index (χ0) is 13.0. The van der Waals surface area contributed by atoms with Gasteiger partial charge in [-0.2, -0.15) is 16.9 Å². The first kappa shape index (κ1) is 13.9. The van der Waals surface area contributed by atoms with E-state index in [2.05, 4.69) is 20.2 Å². The molecule has 18 heavy (non-hydrogen) atoms. The zero-order valence-corrected chi connectivity index (χ0v) is 11.9. The zero-order valence-electron chi connectivity index (χ0n) is 10.3. The SMILES string of the molecule is CCNCc1cn[nH]c1S(=O)(=O)NC1CCSC1. The minimum Gasteiger partial charge on any atom is -0.313 e. The van der Waals surface area contributed by atoms with E-state index in [1.165, 1.54) is 0 Å². The van der Waals surface area contributed by atoms with Gasteiger partial charge >= 0.3 is 0 Å². The van der Waals surface area contributed by atoms with Crippen molar-refractivity contribution in [2.45, 2.75) is 31.0 Å². The Kier molecular flexibility index (Phi) is 4.66. The summed E-state index contributed by atoms with van der Waals surface area (Å²) in [5, 5.41) is 9.69. The molecule has 2 rings (SSSR count). The highest BCUT2D eigenvalue weighted by Gasteiger charge is 2.26. The maximum Gasteiger partial charge on any atom is 0.258 e. The molecule has 0 aromatic carbocycles. The van der Waals surface area contributed by atoms with Gasteiger partial charge in [-0.1, -0.05) is 6.92 Å². The number of aromatic amines is 1. The molecule has 0 bridgehead atoms. The maximum atomic E-state index is 12.2. The van der Waals surface area contributed by atoms with Gasteiger partial charge in [0.2, 0.25) is 0 Å². The van der Waals surface area contributed by atoms with Gasteiger partial charge in [-0.3, -0.25) is 5.10 Å². The standard InChI is InChI=1S/C10H18N4O2S2/c1-2-11-5-8-6-12-13-10(8)18(15,16)14-9-3-4-17-7-9/h6,9,11,14H,2-5,7H2,1H3,(H,12,13). The normalized spacial score (nSPS) is 20.4. The van der Waals surface area contributed by atoms with Gasteiger partial charge < -0.3 is 5.32 Å². The van der Waals surface area contributed by atoms with Crippen LogP contribution in [-0.4, -0.2) is 42.7 Å². The van der Waals surface area contributed by atoms with Crippen LogP contribution in [0.25, 0.3) is 0 Å². The van der Waals surface area contributed by atoms with Crippen molar-refractivity contribution in [2.75, 3.05) is 18.1 Å². The van der Waals surface area contributed by atoms with Gasteiger partial charge in [0, 0.05) is 23.9 Å². The molecular formula is C10H18N4O2S2. The van der Waals surface area contributed by atoms with Crippen LogP contribution in [0.1, 0.15) is 18.9 Å². The van der Waals surface area contributed by atoms with Gasteiger partial charge in [-0.05, 0) is 18.7 Å². The van der Waals surface area contributed by atoms with E-state index < -0.39 is 10.0 Å². The number of thioether (sulfide) groups is 1. The van der Waals surface area contributed by atoms with Crippen LogP contribution >= 0.6 is 11.8 Å². The largest absolute Gasteiger partial charge is 0.313 e. The molecule has 1 aliphatic rings. The number of hydrogen-bond acceptors (Lipinski definition) is 5. The lowest BCUT2D eigenvalue weighted by molar-refractivity contribution is 0.556. The van der Waals surface area contributed by atoms with E-state index in [0.29, 0.717) is 12.1 Å². The molecule has 0 aliphatic carbocycles. The molecule has 0 amide bonds. The molecule has 1 saturated heterocycles. The summed E-state index contributed by atoms with van der Waals surface area (Å²) < 4.78 is 27.2. The van der Waals surface area contributed by atoms with Crippen LogP contribution < -0.4 is 10.0 Å². The third-order valence-corrected chi connectivity index (χ3v) is 5.46. The summed E-state index contributed by atoms with van der Waals surface area (Å²) in [5.74, 6) is 1.86. The van der Waals surface area contributed by atoms with Crippen LogP contribution in [0.2, 0.25) is 0 Å². The number of nitrogens with one attached hydrogen (secondary N) is 3. The number of aromatic nitrogens is 2. The molecular weight excluding hydrogens is 272 g/mol. The van der Waals surface area contributed by atoms with Crippen molar-refractivity contribution in [3.63, 3.8) is 0 Å². The Morgan fingerprint density at radius 1 is 1.61 bits per heavy atom. The Morgan fingerprint density at radius 2 is 2.44 bits per heavy atom. The molecule has 102 valence electrons. The summed E-state index contributed by atoms with van der Waals surface area (Å²) in [6.45, 7) is 3.27. The molecule has 1 fully saturated rings. The number of sulfonamides is 1. The average Bonchev–Trinajstić information content (AvgIpc) is 2.96. The van der Waals surface area contributed by atoms with Gasteiger partial charge in [0.25, 0.3) is 10.0 Å². The second-order valence-corrected chi connectivity index (χ2v) is 6.99. The summed E-state index contributed by atoms with van der Waals surface area (Å²) in [7, 11) is -3.48. The first-order valence-corrected chi connectivity index (χ1v) is 8.60. The molecule has 2 heterocycles. The van der Waals surface area contributed by atoms with Crippen LogP contribution in [0.5, 0.6) is 0 Å². The lowest BCUT2D eigenvalue weighted by Crippen LogP contribution is -2.35. The van der Waals surface area contributed by atoms with Gasteiger partial charge in [0.1, 0.15) is 0 Å². The topological polar surface area (TPSA) is 86.9 Å². The monoisotopic (exact) mass is 290 g/mol. The van der Waals surface area contributed by atoms with Gasteiger partial charge in [0.15, 0.2) is 5.03 Å². The first-order chi connectivity index (χ1) is 8.63. The summed E-state index contributed by atoms with van der Waals surface area (Å²) in [5.41, 5.74) is 0.676. The van der Waals surface area contributed by atoms with Gasteiger partial charge in [0.05, 0.1) is 6.20 Å². The van der Waals surface area contributed by atoms with E-state index in [-0.39, 0.29) is 11.1 Å². The molecule has 8 heteroatoms. The molecule has 1 aliphatic heterocycles. The van der Waals surface area contributed by atoms with Gasteiger partial charge in [-0.25, -0.2) is 13.1 Å². The van der Waals surface area contributed by atoms with Gasteiger partial charge in [-0.15, -0.1) is 0 Å². The van der Waals surface area contributed by atoms with Crippen molar-refractivity contribution in [2.24, 2.45) is 0 Å². The molecule has 0 saturated carbocycles.